The van der Waals surface area contributed by atoms with Crippen LogP contribution in [0.1, 0.15) is 0 Å². The van der Waals surface area contributed by atoms with Gasteiger partial charge in [-0.3, -0.25) is 0 Å². The zero-order valence-corrected chi connectivity index (χ0v) is 3.76. The first kappa shape index (κ1) is 4.40. The molecule has 0 amide bonds. The number of allylic oxidation sites excluding steroid dienone is 2. The van der Waals surface area contributed by atoms with Crippen LogP contribution >= 0.6 is 0 Å². The second kappa shape index (κ2) is 2.42. The third-order valence-electron chi connectivity index (χ3n) is 0.563. The van der Waals surface area contributed by atoms with Crippen LogP contribution in [0.15, 0.2) is 18.4 Å². The van der Waals surface area contributed by atoms with Gasteiger partial charge in [0.2, 0.25) is 0 Å². The lowest BCUT2D eigenvalue weighted by Crippen LogP contribution is -1.83. The van der Waals surface area contributed by atoms with Gasteiger partial charge in [0.05, 0.1) is 0 Å². The van der Waals surface area contributed by atoms with E-state index in [1.807, 2.05) is 6.08 Å². The van der Waals surface area contributed by atoms with Gasteiger partial charge in [-0.2, -0.15) is 4.89 Å². The Bertz CT molecular complexity index is 82.3. The van der Waals surface area contributed by atoms with E-state index >= 15 is 0 Å². The average Bonchev–Trinajstić information content (AvgIpc) is 1.90. The molecule has 7 heavy (non-hydrogen) atoms. The molecule has 0 spiro atoms. The fourth-order valence-electron chi connectivity index (χ4n) is 0.296. The zero-order chi connectivity index (χ0) is 4.95. The van der Waals surface area contributed by atoms with Crippen molar-refractivity contribution in [3.8, 4) is 0 Å². The van der Waals surface area contributed by atoms with Crippen molar-refractivity contribution in [1.29, 1.82) is 0 Å². The van der Waals surface area contributed by atoms with Gasteiger partial charge in [-0.25, -0.2) is 0 Å². The lowest BCUT2D eigenvalue weighted by Gasteiger charge is -1.89. The highest BCUT2D eigenvalue weighted by Crippen LogP contribution is 1.87. The predicted molar refractivity (Wildman–Crippen MR) is 24.0 cm³/mol. The molecule has 0 saturated heterocycles. The lowest BCUT2D eigenvalue weighted by atomic mass is 10.5. The molecule has 2 nitrogen and oxygen atoms in total. The Labute approximate surface area is 42.0 Å². The maximum atomic E-state index is 4.49. The van der Waals surface area contributed by atoms with Crippen LogP contribution in [0.5, 0.6) is 0 Å². The Balaban J connectivity index is 2.39. The Morgan fingerprint density at radius 1 is 1.57 bits per heavy atom. The van der Waals surface area contributed by atoms with Crippen LogP contribution in [-0.2, 0) is 9.78 Å². The molecule has 1 aliphatic rings. The minimum atomic E-state index is 0.503. The highest BCUT2D eigenvalue weighted by Gasteiger charge is 1.80. The fourth-order valence-corrected chi connectivity index (χ4v) is 0.296. The lowest BCUT2D eigenvalue weighted by molar-refractivity contribution is -0.238. The van der Waals surface area contributed by atoms with Gasteiger partial charge in [0.25, 0.3) is 0 Å². The summed E-state index contributed by atoms with van der Waals surface area (Å²) in [6, 6.07) is 0. The molecule has 0 bridgehead atoms. The SMILES string of the molecule is [C]1=COOCC=C1. The summed E-state index contributed by atoms with van der Waals surface area (Å²) in [6.07, 6.45) is 7.61. The van der Waals surface area contributed by atoms with Crippen molar-refractivity contribution >= 4 is 0 Å². The molecule has 0 aromatic carbocycles. The summed E-state index contributed by atoms with van der Waals surface area (Å²) >= 11 is 0. The second-order valence-electron chi connectivity index (χ2n) is 1.07. The third-order valence-corrected chi connectivity index (χ3v) is 0.563. The monoisotopic (exact) mass is 97.0 g/mol. The first-order valence-electron chi connectivity index (χ1n) is 2.01. The molecule has 0 unspecified atom stereocenters. The largest absolute Gasteiger partial charge is 0.345 e. The first-order chi connectivity index (χ1) is 3.50. The van der Waals surface area contributed by atoms with Crippen molar-refractivity contribution in [3.05, 3.63) is 24.5 Å². The van der Waals surface area contributed by atoms with Crippen LogP contribution < -0.4 is 0 Å². The molecule has 2 heteroatoms. The zero-order valence-electron chi connectivity index (χ0n) is 3.76. The van der Waals surface area contributed by atoms with E-state index in [1.165, 1.54) is 6.26 Å². The topological polar surface area (TPSA) is 18.5 Å². The van der Waals surface area contributed by atoms with Gasteiger partial charge in [0, 0.05) is 6.08 Å². The van der Waals surface area contributed by atoms with E-state index in [-0.39, 0.29) is 0 Å². The highest BCUT2D eigenvalue weighted by atomic mass is 17.2. The summed E-state index contributed by atoms with van der Waals surface area (Å²) in [7, 11) is 0. The van der Waals surface area contributed by atoms with E-state index in [0.29, 0.717) is 6.61 Å². The van der Waals surface area contributed by atoms with Crippen molar-refractivity contribution in [3.63, 3.8) is 0 Å². The Kier molecular flexibility index (Phi) is 1.52. The summed E-state index contributed by atoms with van der Waals surface area (Å²) in [5, 5.41) is 0. The quantitative estimate of drug-likeness (QED) is 0.416. The molecule has 0 aromatic heterocycles. The Morgan fingerprint density at radius 2 is 2.57 bits per heavy atom. The number of hydrogen-bond acceptors (Lipinski definition) is 2. The highest BCUT2D eigenvalue weighted by molar-refractivity contribution is 4.93. The third kappa shape index (κ3) is 1.41. The standard InChI is InChI=1S/C5H5O2/c1-2-4-6-7-5-3-1/h1-2,5H,4H2. The van der Waals surface area contributed by atoms with E-state index in [0.717, 1.165) is 0 Å². The normalized spacial score (nSPS) is 18.3. The second-order valence-corrected chi connectivity index (χ2v) is 1.07. The minimum Gasteiger partial charge on any atom is -0.345 e. The van der Waals surface area contributed by atoms with Crippen molar-refractivity contribution in [2.45, 2.75) is 0 Å². The summed E-state index contributed by atoms with van der Waals surface area (Å²) in [6.45, 7) is 0.503. The van der Waals surface area contributed by atoms with Crippen molar-refractivity contribution in [1.82, 2.24) is 0 Å². The Morgan fingerprint density at radius 3 is 3.57 bits per heavy atom. The van der Waals surface area contributed by atoms with Gasteiger partial charge in [0.15, 0.2) is 0 Å². The molecule has 1 heterocycles. The minimum absolute atomic E-state index is 0.503. The van der Waals surface area contributed by atoms with Gasteiger partial charge < -0.3 is 4.89 Å². The van der Waals surface area contributed by atoms with Gasteiger partial charge >= 0.3 is 0 Å². The molecule has 1 radical (unpaired) electrons. The molecule has 0 N–H and O–H groups in total. The molecule has 0 aliphatic carbocycles. The maximum Gasteiger partial charge on any atom is 0.137 e. The van der Waals surface area contributed by atoms with E-state index in [9.17, 15) is 0 Å². The van der Waals surface area contributed by atoms with Crippen LogP contribution in [0.4, 0.5) is 0 Å². The van der Waals surface area contributed by atoms with Crippen LogP contribution in [-0.4, -0.2) is 6.61 Å². The first-order valence-corrected chi connectivity index (χ1v) is 2.01. The van der Waals surface area contributed by atoms with Crippen molar-refractivity contribution < 1.29 is 9.78 Å². The summed E-state index contributed by atoms with van der Waals surface area (Å²) in [4.78, 5) is 8.89. The molecular formula is C5H5O2. The molecule has 1 aliphatic heterocycles. The van der Waals surface area contributed by atoms with Gasteiger partial charge in [-0.05, 0) is 0 Å². The maximum absolute atomic E-state index is 4.49. The van der Waals surface area contributed by atoms with Crippen LogP contribution in [0, 0.1) is 6.08 Å². The fraction of sp³-hybridized carbons (Fsp3) is 0.200. The predicted octanol–water partition coefficient (Wildman–Crippen LogP) is 0.821. The van der Waals surface area contributed by atoms with E-state index in [2.05, 4.69) is 15.9 Å². The smallest absolute Gasteiger partial charge is 0.137 e. The van der Waals surface area contributed by atoms with Crippen LogP contribution in [0.2, 0.25) is 0 Å². The van der Waals surface area contributed by atoms with E-state index in [4.69, 9.17) is 0 Å². The van der Waals surface area contributed by atoms with Crippen LogP contribution in [0.3, 0.4) is 0 Å². The average molecular weight is 97.1 g/mol. The van der Waals surface area contributed by atoms with Gasteiger partial charge in [-0.15, -0.1) is 0 Å². The summed E-state index contributed by atoms with van der Waals surface area (Å²) in [5.74, 6) is 0. The number of rotatable bonds is 0. The molecule has 37 valence electrons. The summed E-state index contributed by atoms with van der Waals surface area (Å²) < 4.78 is 0. The molecule has 0 fully saturated rings. The van der Waals surface area contributed by atoms with E-state index in [1.54, 1.807) is 6.08 Å². The molecule has 0 saturated carbocycles. The van der Waals surface area contributed by atoms with Gasteiger partial charge in [0.1, 0.15) is 12.9 Å². The van der Waals surface area contributed by atoms with Crippen molar-refractivity contribution in [2.24, 2.45) is 0 Å². The summed E-state index contributed by atoms with van der Waals surface area (Å²) in [5.41, 5.74) is 0. The molecule has 1 rings (SSSR count). The van der Waals surface area contributed by atoms with Crippen molar-refractivity contribution in [2.75, 3.05) is 6.61 Å². The molecule has 0 aromatic rings. The van der Waals surface area contributed by atoms with Gasteiger partial charge in [-0.1, -0.05) is 12.2 Å². The molecular weight excluding hydrogens is 92.1 g/mol. The van der Waals surface area contributed by atoms with E-state index < -0.39 is 0 Å². The molecule has 0 atom stereocenters. The number of hydrogen-bond donors (Lipinski definition) is 0. The van der Waals surface area contributed by atoms with Crippen LogP contribution in [0.25, 0.3) is 0 Å². The Hall–Kier alpha value is -0.760.